The Morgan fingerprint density at radius 1 is 1.31 bits per heavy atom. The molecule has 2 fully saturated rings. The van der Waals surface area contributed by atoms with Gasteiger partial charge in [-0.1, -0.05) is 17.7 Å². The Kier molecular flexibility index (Phi) is 9.07. The molecule has 1 aromatic carbocycles. The third-order valence-corrected chi connectivity index (χ3v) is 6.33. The van der Waals surface area contributed by atoms with Gasteiger partial charge in [-0.3, -0.25) is 9.67 Å². The van der Waals surface area contributed by atoms with Crippen molar-refractivity contribution in [3.63, 3.8) is 0 Å². The lowest BCUT2D eigenvalue weighted by atomic mass is 10.1. The predicted octanol–water partition coefficient (Wildman–Crippen LogP) is 3.87. The van der Waals surface area contributed by atoms with E-state index in [0.717, 1.165) is 62.2 Å². The number of morpholine rings is 1. The number of aryl methyl sites for hydroxylation is 2. The number of guanidine groups is 1. The van der Waals surface area contributed by atoms with Crippen molar-refractivity contribution in [3.05, 3.63) is 46.7 Å². The van der Waals surface area contributed by atoms with Gasteiger partial charge in [0.1, 0.15) is 6.10 Å². The minimum absolute atomic E-state index is 0. The summed E-state index contributed by atoms with van der Waals surface area (Å²) >= 11 is 6.23. The van der Waals surface area contributed by atoms with E-state index in [0.29, 0.717) is 12.5 Å². The molecule has 0 radical (unpaired) electrons. The van der Waals surface area contributed by atoms with E-state index >= 15 is 0 Å². The molecule has 3 heterocycles. The van der Waals surface area contributed by atoms with E-state index in [2.05, 4.69) is 46.2 Å². The van der Waals surface area contributed by atoms with Gasteiger partial charge in [0.25, 0.3) is 0 Å². The molecule has 0 saturated carbocycles. The molecular weight excluding hydrogens is 539 g/mol. The number of anilines is 1. The summed E-state index contributed by atoms with van der Waals surface area (Å²) in [6.07, 6.45) is 5.10. The number of halogens is 2. The Morgan fingerprint density at radius 2 is 2.16 bits per heavy atom. The first kappa shape index (κ1) is 25.1. The molecule has 1 aromatic heterocycles. The minimum Gasteiger partial charge on any atom is -0.371 e. The maximum absolute atomic E-state index is 6.23. The summed E-state index contributed by atoms with van der Waals surface area (Å²) < 4.78 is 7.83. The molecule has 0 bridgehead atoms. The molecule has 0 amide bonds. The fourth-order valence-electron chi connectivity index (χ4n) is 4.41. The van der Waals surface area contributed by atoms with Gasteiger partial charge in [-0.15, -0.1) is 24.0 Å². The minimum atomic E-state index is 0. The molecule has 32 heavy (non-hydrogen) atoms. The zero-order valence-corrected chi connectivity index (χ0v) is 22.2. The van der Waals surface area contributed by atoms with Crippen molar-refractivity contribution in [2.45, 2.75) is 26.4 Å². The van der Waals surface area contributed by atoms with E-state index in [4.69, 9.17) is 21.3 Å². The van der Waals surface area contributed by atoms with Crippen LogP contribution >= 0.6 is 35.6 Å². The van der Waals surface area contributed by atoms with Crippen molar-refractivity contribution in [2.24, 2.45) is 18.0 Å². The first-order chi connectivity index (χ1) is 15.0. The molecule has 2 saturated heterocycles. The average Bonchev–Trinajstić information content (AvgIpc) is 3.42. The van der Waals surface area contributed by atoms with E-state index in [9.17, 15) is 0 Å². The van der Waals surface area contributed by atoms with Crippen LogP contribution in [0.2, 0.25) is 5.02 Å². The summed E-state index contributed by atoms with van der Waals surface area (Å²) in [5, 5.41) is 8.57. The predicted molar refractivity (Wildman–Crippen MR) is 141 cm³/mol. The maximum Gasteiger partial charge on any atom is 0.194 e. The Balaban J connectivity index is 0.00000289. The van der Waals surface area contributed by atoms with Crippen LogP contribution in [0.4, 0.5) is 5.69 Å². The summed E-state index contributed by atoms with van der Waals surface area (Å²) in [7, 11) is 1.94. The Hall–Kier alpha value is -1.52. The monoisotopic (exact) mass is 572 g/mol. The molecule has 2 unspecified atom stereocenters. The highest BCUT2D eigenvalue weighted by Crippen LogP contribution is 2.29. The molecule has 9 heteroatoms. The molecule has 4 rings (SSSR count). The van der Waals surface area contributed by atoms with Gasteiger partial charge in [0.2, 0.25) is 0 Å². The average molecular weight is 573 g/mol. The van der Waals surface area contributed by atoms with Gasteiger partial charge in [0, 0.05) is 62.2 Å². The van der Waals surface area contributed by atoms with Crippen LogP contribution in [0.25, 0.3) is 0 Å². The number of rotatable bonds is 5. The number of nitrogens with zero attached hydrogens (tertiary/aromatic N) is 5. The zero-order chi connectivity index (χ0) is 21.8. The quantitative estimate of drug-likeness (QED) is 0.335. The van der Waals surface area contributed by atoms with Crippen LogP contribution < -0.4 is 10.2 Å². The molecule has 2 aromatic rings. The van der Waals surface area contributed by atoms with Crippen molar-refractivity contribution in [1.82, 2.24) is 20.0 Å². The molecule has 2 atom stereocenters. The van der Waals surface area contributed by atoms with Gasteiger partial charge in [0.05, 0.1) is 19.3 Å². The largest absolute Gasteiger partial charge is 0.371 e. The fraction of sp³-hybridized carbons (Fsp3) is 0.565. The van der Waals surface area contributed by atoms with Crippen LogP contribution in [0, 0.1) is 12.8 Å². The lowest BCUT2D eigenvalue weighted by Crippen LogP contribution is -2.48. The van der Waals surface area contributed by atoms with Crippen molar-refractivity contribution in [2.75, 3.05) is 50.8 Å². The standard InChI is InChI=1S/C23H33ClN6O.HI/c1-4-25-23(30-9-10-31-22(16-30)19-13-27-28(3)15-19)26-12-18-7-8-29(14-18)21-11-20(24)6-5-17(21)2;/h5-6,11,13,15,18,22H,4,7-10,12,14,16H2,1-3H3,(H,25,26);1H. The number of ether oxygens (including phenoxy) is 1. The lowest BCUT2D eigenvalue weighted by Gasteiger charge is -2.35. The summed E-state index contributed by atoms with van der Waals surface area (Å²) in [5.41, 5.74) is 3.64. The van der Waals surface area contributed by atoms with Crippen LogP contribution in [0.15, 0.2) is 35.6 Å². The highest BCUT2D eigenvalue weighted by Gasteiger charge is 2.27. The van der Waals surface area contributed by atoms with Crippen LogP contribution in [0.5, 0.6) is 0 Å². The lowest BCUT2D eigenvalue weighted by molar-refractivity contribution is -0.00805. The van der Waals surface area contributed by atoms with E-state index in [-0.39, 0.29) is 30.1 Å². The van der Waals surface area contributed by atoms with Gasteiger partial charge < -0.3 is 19.9 Å². The van der Waals surface area contributed by atoms with Gasteiger partial charge in [-0.2, -0.15) is 5.10 Å². The number of aliphatic imine (C=N–C) groups is 1. The normalized spacial score (nSPS) is 21.6. The van der Waals surface area contributed by atoms with Crippen LogP contribution in [-0.4, -0.2) is 66.5 Å². The Morgan fingerprint density at radius 3 is 2.91 bits per heavy atom. The van der Waals surface area contributed by atoms with E-state index in [1.165, 1.54) is 11.3 Å². The van der Waals surface area contributed by atoms with Gasteiger partial charge >= 0.3 is 0 Å². The highest BCUT2D eigenvalue weighted by molar-refractivity contribution is 14.0. The third-order valence-electron chi connectivity index (χ3n) is 6.09. The molecule has 2 aliphatic rings. The Labute approximate surface area is 213 Å². The second kappa shape index (κ2) is 11.6. The number of hydrogen-bond donors (Lipinski definition) is 1. The number of nitrogens with one attached hydrogen (secondary N) is 1. The molecule has 1 N–H and O–H groups in total. The van der Waals surface area contributed by atoms with E-state index < -0.39 is 0 Å². The van der Waals surface area contributed by atoms with Crippen molar-refractivity contribution >= 4 is 47.2 Å². The summed E-state index contributed by atoms with van der Waals surface area (Å²) in [6.45, 7) is 10.3. The first-order valence-corrected chi connectivity index (χ1v) is 11.6. The molecule has 2 aliphatic heterocycles. The molecular formula is C23H34ClIN6O. The van der Waals surface area contributed by atoms with Crippen molar-refractivity contribution in [3.8, 4) is 0 Å². The molecule has 176 valence electrons. The van der Waals surface area contributed by atoms with Crippen LogP contribution in [0.3, 0.4) is 0 Å². The van der Waals surface area contributed by atoms with E-state index in [1.807, 2.05) is 30.2 Å². The zero-order valence-electron chi connectivity index (χ0n) is 19.1. The van der Waals surface area contributed by atoms with E-state index in [1.54, 1.807) is 0 Å². The number of aromatic nitrogens is 2. The topological polar surface area (TPSA) is 57.9 Å². The smallest absolute Gasteiger partial charge is 0.194 e. The van der Waals surface area contributed by atoms with Gasteiger partial charge in [-0.25, -0.2) is 0 Å². The second-order valence-electron chi connectivity index (χ2n) is 8.48. The molecule has 0 aliphatic carbocycles. The number of benzene rings is 1. The van der Waals surface area contributed by atoms with Crippen molar-refractivity contribution in [1.29, 1.82) is 0 Å². The van der Waals surface area contributed by atoms with Gasteiger partial charge in [-0.05, 0) is 43.9 Å². The summed E-state index contributed by atoms with van der Waals surface area (Å²) in [4.78, 5) is 9.79. The molecule has 0 spiro atoms. The van der Waals surface area contributed by atoms with Crippen LogP contribution in [-0.2, 0) is 11.8 Å². The summed E-state index contributed by atoms with van der Waals surface area (Å²) in [6, 6.07) is 6.14. The number of hydrogen-bond acceptors (Lipinski definition) is 4. The first-order valence-electron chi connectivity index (χ1n) is 11.2. The maximum atomic E-state index is 6.23. The summed E-state index contributed by atoms with van der Waals surface area (Å²) in [5.74, 6) is 1.53. The SMILES string of the molecule is CCNC(=NCC1CCN(c2cc(Cl)ccc2C)C1)N1CCOC(c2cnn(C)c2)C1.I. The second-order valence-corrected chi connectivity index (χ2v) is 8.92. The van der Waals surface area contributed by atoms with Gasteiger partial charge in [0.15, 0.2) is 5.96 Å². The Bertz CT molecular complexity index is 920. The van der Waals surface area contributed by atoms with Crippen molar-refractivity contribution < 1.29 is 4.74 Å². The third kappa shape index (κ3) is 6.08. The molecule has 7 nitrogen and oxygen atoms in total. The highest BCUT2D eigenvalue weighted by atomic mass is 127. The van der Waals surface area contributed by atoms with Crippen LogP contribution in [0.1, 0.15) is 30.6 Å². The fourth-order valence-corrected chi connectivity index (χ4v) is 4.58.